The van der Waals surface area contributed by atoms with Crippen molar-refractivity contribution < 1.29 is 18.4 Å². The molecule has 2 N–H and O–H groups in total. The van der Waals surface area contributed by atoms with Gasteiger partial charge in [-0.05, 0) is 42.3 Å². The van der Waals surface area contributed by atoms with E-state index < -0.39 is 11.7 Å². The minimum absolute atomic E-state index is 0.150. The Morgan fingerprint density at radius 1 is 1.00 bits per heavy atom. The molecule has 0 radical (unpaired) electrons. The van der Waals surface area contributed by atoms with E-state index in [1.807, 2.05) is 0 Å². The van der Waals surface area contributed by atoms with Gasteiger partial charge in [-0.15, -0.1) is 10.2 Å². The third-order valence-electron chi connectivity index (χ3n) is 3.92. The van der Waals surface area contributed by atoms with Crippen LogP contribution in [0.2, 0.25) is 0 Å². The number of hydrogen-bond acceptors (Lipinski definition) is 5. The van der Waals surface area contributed by atoms with E-state index >= 15 is 0 Å². The number of aryl methyl sites for hydroxylation is 1. The summed E-state index contributed by atoms with van der Waals surface area (Å²) in [5.41, 5.74) is 1.03. The van der Waals surface area contributed by atoms with Crippen LogP contribution in [0.1, 0.15) is 33.2 Å². The first-order valence-electron chi connectivity index (χ1n) is 8.90. The van der Waals surface area contributed by atoms with Crippen molar-refractivity contribution in [3.8, 4) is 0 Å². The molecule has 0 fully saturated rings. The molecule has 29 heavy (non-hydrogen) atoms. The van der Waals surface area contributed by atoms with Crippen LogP contribution in [0.5, 0.6) is 0 Å². The molecular weight excluding hydrogens is 398 g/mol. The Kier molecular flexibility index (Phi) is 6.96. The summed E-state index contributed by atoms with van der Waals surface area (Å²) in [5, 5.41) is 13.9. The van der Waals surface area contributed by atoms with E-state index in [9.17, 15) is 18.4 Å². The standard InChI is InChI=1S/C20H18F2N4O2S/c21-14-5-1-4-13(10-14)12-23-17(27)8-3-9-18-25-26-20(29-18)19(28)24-16-7-2-6-15(22)11-16/h1-2,4-7,10-11H,3,8-9,12H2,(H,23,27)(H,24,28). The highest BCUT2D eigenvalue weighted by atomic mass is 32.1. The zero-order chi connectivity index (χ0) is 20.6. The number of anilines is 1. The third-order valence-corrected chi connectivity index (χ3v) is 4.90. The van der Waals surface area contributed by atoms with Gasteiger partial charge >= 0.3 is 0 Å². The number of carbonyl (C=O) groups is 2. The monoisotopic (exact) mass is 416 g/mol. The van der Waals surface area contributed by atoms with Crippen LogP contribution < -0.4 is 10.6 Å². The number of nitrogens with zero attached hydrogens (tertiary/aromatic N) is 2. The van der Waals surface area contributed by atoms with Gasteiger partial charge in [-0.2, -0.15) is 0 Å². The van der Waals surface area contributed by atoms with Crippen LogP contribution in [0, 0.1) is 11.6 Å². The number of nitrogens with one attached hydrogen (secondary N) is 2. The largest absolute Gasteiger partial charge is 0.352 e. The number of amides is 2. The number of rotatable bonds is 8. The second kappa shape index (κ2) is 9.83. The van der Waals surface area contributed by atoms with Gasteiger partial charge in [-0.1, -0.05) is 29.5 Å². The van der Waals surface area contributed by atoms with Crippen molar-refractivity contribution in [1.82, 2.24) is 15.5 Å². The summed E-state index contributed by atoms with van der Waals surface area (Å²) in [5.74, 6) is -1.41. The van der Waals surface area contributed by atoms with Gasteiger partial charge in [0.1, 0.15) is 16.6 Å². The van der Waals surface area contributed by atoms with Gasteiger partial charge in [-0.3, -0.25) is 9.59 Å². The second-order valence-corrected chi connectivity index (χ2v) is 7.29. The summed E-state index contributed by atoms with van der Waals surface area (Å²) < 4.78 is 26.3. The summed E-state index contributed by atoms with van der Waals surface area (Å²) in [6.45, 7) is 0.264. The molecule has 150 valence electrons. The minimum Gasteiger partial charge on any atom is -0.352 e. The van der Waals surface area contributed by atoms with Crippen molar-refractivity contribution in [1.29, 1.82) is 0 Å². The van der Waals surface area contributed by atoms with Crippen LogP contribution >= 0.6 is 11.3 Å². The minimum atomic E-state index is -0.466. The lowest BCUT2D eigenvalue weighted by Gasteiger charge is -2.05. The average Bonchev–Trinajstić information content (AvgIpc) is 3.16. The Morgan fingerprint density at radius 2 is 1.76 bits per heavy atom. The Labute approximate surface area is 170 Å². The summed E-state index contributed by atoms with van der Waals surface area (Å²) in [4.78, 5) is 24.1. The highest BCUT2D eigenvalue weighted by Gasteiger charge is 2.13. The molecule has 0 saturated carbocycles. The molecule has 0 aliphatic heterocycles. The molecule has 2 amide bonds. The number of benzene rings is 2. The highest BCUT2D eigenvalue weighted by Crippen LogP contribution is 2.16. The number of carbonyl (C=O) groups excluding carboxylic acids is 2. The molecule has 0 spiro atoms. The van der Waals surface area contributed by atoms with Gasteiger partial charge in [0, 0.05) is 25.1 Å². The summed E-state index contributed by atoms with van der Waals surface area (Å²) in [6, 6.07) is 11.6. The lowest BCUT2D eigenvalue weighted by Crippen LogP contribution is -2.22. The second-order valence-electron chi connectivity index (χ2n) is 6.23. The number of aromatic nitrogens is 2. The van der Waals surface area contributed by atoms with Crippen LogP contribution in [-0.4, -0.2) is 22.0 Å². The first-order chi connectivity index (χ1) is 14.0. The molecule has 0 unspecified atom stereocenters. The van der Waals surface area contributed by atoms with E-state index in [0.29, 0.717) is 29.1 Å². The molecule has 9 heteroatoms. The van der Waals surface area contributed by atoms with Crippen molar-refractivity contribution >= 4 is 28.8 Å². The molecule has 3 aromatic rings. The molecule has 0 aliphatic rings. The molecule has 6 nitrogen and oxygen atoms in total. The van der Waals surface area contributed by atoms with E-state index in [-0.39, 0.29) is 29.7 Å². The summed E-state index contributed by atoms with van der Waals surface area (Å²) >= 11 is 1.13. The molecular formula is C20H18F2N4O2S. The predicted molar refractivity (Wildman–Crippen MR) is 105 cm³/mol. The van der Waals surface area contributed by atoms with Crippen LogP contribution in [0.25, 0.3) is 0 Å². The van der Waals surface area contributed by atoms with E-state index in [2.05, 4.69) is 20.8 Å². The van der Waals surface area contributed by atoms with Crippen LogP contribution in [0.15, 0.2) is 48.5 Å². The normalized spacial score (nSPS) is 10.6. The predicted octanol–water partition coefficient (Wildman–Crippen LogP) is 3.71. The van der Waals surface area contributed by atoms with Crippen LogP contribution in [0.3, 0.4) is 0 Å². The highest BCUT2D eigenvalue weighted by molar-refractivity contribution is 7.13. The Balaban J connectivity index is 1.41. The van der Waals surface area contributed by atoms with Gasteiger partial charge in [0.05, 0.1) is 0 Å². The number of hydrogen-bond donors (Lipinski definition) is 2. The van der Waals surface area contributed by atoms with Gasteiger partial charge in [0.2, 0.25) is 10.9 Å². The SMILES string of the molecule is O=C(CCCc1nnc(C(=O)Nc2cccc(F)c2)s1)NCc1cccc(F)c1. The molecule has 0 bridgehead atoms. The van der Waals surface area contributed by atoms with Crippen LogP contribution in [-0.2, 0) is 17.8 Å². The number of halogens is 2. The molecule has 0 saturated heterocycles. The summed E-state index contributed by atoms with van der Waals surface area (Å²) in [7, 11) is 0. The molecule has 0 aliphatic carbocycles. The van der Waals surface area contributed by atoms with E-state index in [0.717, 1.165) is 11.3 Å². The van der Waals surface area contributed by atoms with E-state index in [1.165, 1.54) is 30.3 Å². The first-order valence-corrected chi connectivity index (χ1v) is 9.72. The Bertz CT molecular complexity index is 1010. The van der Waals surface area contributed by atoms with E-state index in [4.69, 9.17) is 0 Å². The topological polar surface area (TPSA) is 84.0 Å². The molecule has 3 rings (SSSR count). The fourth-order valence-electron chi connectivity index (χ4n) is 2.53. The van der Waals surface area contributed by atoms with Gasteiger partial charge in [0.25, 0.3) is 5.91 Å². The van der Waals surface area contributed by atoms with Crippen molar-refractivity contribution in [3.63, 3.8) is 0 Å². The lowest BCUT2D eigenvalue weighted by atomic mass is 10.2. The van der Waals surface area contributed by atoms with Crippen LogP contribution in [0.4, 0.5) is 14.5 Å². The maximum absolute atomic E-state index is 13.2. The Hall–Kier alpha value is -3.20. The maximum Gasteiger partial charge on any atom is 0.286 e. The molecule has 1 heterocycles. The van der Waals surface area contributed by atoms with Crippen molar-refractivity contribution in [2.45, 2.75) is 25.8 Å². The molecule has 0 atom stereocenters. The lowest BCUT2D eigenvalue weighted by molar-refractivity contribution is -0.121. The molecule has 1 aromatic heterocycles. The summed E-state index contributed by atoms with van der Waals surface area (Å²) in [6.07, 6.45) is 1.31. The zero-order valence-electron chi connectivity index (χ0n) is 15.3. The fourth-order valence-corrected chi connectivity index (χ4v) is 3.31. The average molecular weight is 416 g/mol. The van der Waals surface area contributed by atoms with Crippen molar-refractivity contribution in [2.24, 2.45) is 0 Å². The van der Waals surface area contributed by atoms with Crippen molar-refractivity contribution in [3.05, 3.63) is 75.7 Å². The smallest absolute Gasteiger partial charge is 0.286 e. The third kappa shape index (κ3) is 6.42. The molecule has 2 aromatic carbocycles. The zero-order valence-corrected chi connectivity index (χ0v) is 16.1. The van der Waals surface area contributed by atoms with Gasteiger partial charge < -0.3 is 10.6 Å². The van der Waals surface area contributed by atoms with E-state index in [1.54, 1.807) is 18.2 Å². The maximum atomic E-state index is 13.2. The van der Waals surface area contributed by atoms with Crippen molar-refractivity contribution in [2.75, 3.05) is 5.32 Å². The van der Waals surface area contributed by atoms with Gasteiger partial charge in [-0.25, -0.2) is 8.78 Å². The Morgan fingerprint density at radius 3 is 2.52 bits per heavy atom. The fraction of sp³-hybridized carbons (Fsp3) is 0.200. The quantitative estimate of drug-likeness (QED) is 0.586. The van der Waals surface area contributed by atoms with Gasteiger partial charge in [0.15, 0.2) is 0 Å². The first kappa shape index (κ1) is 20.5.